The molecule has 1 aromatic heterocycles. The summed E-state index contributed by atoms with van der Waals surface area (Å²) in [6.07, 6.45) is 0.745. The molecule has 1 heterocycles. The Balaban J connectivity index is 3.45. The molecule has 14 heavy (non-hydrogen) atoms. The molecular weight excluding hydrogens is 182 g/mol. The van der Waals surface area contributed by atoms with Crippen LogP contribution in [0.4, 0.5) is 0 Å². The van der Waals surface area contributed by atoms with Gasteiger partial charge in [0.05, 0.1) is 12.8 Å². The molecule has 0 radical (unpaired) electrons. The number of carbonyl (C=O) groups is 2. The molecule has 0 saturated heterocycles. The summed E-state index contributed by atoms with van der Waals surface area (Å²) < 4.78 is 6.19. The van der Waals surface area contributed by atoms with Crippen molar-refractivity contribution in [1.29, 1.82) is 0 Å². The maximum atomic E-state index is 11.4. The van der Waals surface area contributed by atoms with E-state index in [9.17, 15) is 9.59 Å². The average molecular weight is 195 g/mol. The van der Waals surface area contributed by atoms with Crippen molar-refractivity contribution in [2.45, 2.75) is 13.8 Å². The molecule has 0 aliphatic heterocycles. The molecule has 0 atom stereocenters. The Morgan fingerprint density at radius 1 is 1.36 bits per heavy atom. The molecule has 0 aliphatic carbocycles. The number of rotatable bonds is 2. The second-order valence-corrected chi connectivity index (χ2v) is 3.15. The van der Waals surface area contributed by atoms with Crippen LogP contribution < -0.4 is 0 Å². The van der Waals surface area contributed by atoms with E-state index in [0.717, 1.165) is 17.4 Å². The molecule has 0 N–H and O–H groups in total. The standard InChI is InChI=1S/C10H13NO3/c1-6-7(2)9(10(13)14-4)11(3)8(6)5-12/h5H,1-4H3. The van der Waals surface area contributed by atoms with E-state index in [1.807, 2.05) is 6.92 Å². The number of methoxy groups -OCH3 is 1. The highest BCUT2D eigenvalue weighted by Crippen LogP contribution is 2.19. The van der Waals surface area contributed by atoms with E-state index in [1.165, 1.54) is 7.11 Å². The number of hydrogen-bond acceptors (Lipinski definition) is 3. The first-order valence-electron chi connectivity index (χ1n) is 4.24. The van der Waals surface area contributed by atoms with Crippen LogP contribution in [-0.4, -0.2) is 23.9 Å². The molecule has 0 spiro atoms. The number of carbonyl (C=O) groups excluding carboxylic acids is 2. The van der Waals surface area contributed by atoms with Gasteiger partial charge in [-0.1, -0.05) is 0 Å². The first-order chi connectivity index (χ1) is 6.54. The molecule has 0 bridgehead atoms. The first-order valence-corrected chi connectivity index (χ1v) is 4.24. The van der Waals surface area contributed by atoms with Crippen LogP contribution in [0.1, 0.15) is 32.1 Å². The normalized spacial score (nSPS) is 10.0. The zero-order chi connectivity index (χ0) is 10.9. The minimum absolute atomic E-state index is 0.416. The van der Waals surface area contributed by atoms with Gasteiger partial charge < -0.3 is 9.30 Å². The van der Waals surface area contributed by atoms with E-state index >= 15 is 0 Å². The fourth-order valence-electron chi connectivity index (χ4n) is 1.55. The van der Waals surface area contributed by atoms with Gasteiger partial charge in [0.25, 0.3) is 0 Å². The Morgan fingerprint density at radius 3 is 2.29 bits per heavy atom. The van der Waals surface area contributed by atoms with Gasteiger partial charge in [0.15, 0.2) is 6.29 Å². The van der Waals surface area contributed by atoms with Gasteiger partial charge in [-0.3, -0.25) is 4.79 Å². The van der Waals surface area contributed by atoms with Gasteiger partial charge in [0.1, 0.15) is 5.69 Å². The summed E-state index contributed by atoms with van der Waals surface area (Å²) in [4.78, 5) is 22.1. The Kier molecular flexibility index (Phi) is 2.74. The van der Waals surface area contributed by atoms with Crippen LogP contribution in [0.25, 0.3) is 0 Å². The van der Waals surface area contributed by atoms with Crippen LogP contribution in [-0.2, 0) is 11.8 Å². The maximum absolute atomic E-state index is 11.4. The third-order valence-electron chi connectivity index (χ3n) is 2.49. The SMILES string of the molecule is COC(=O)c1c(C)c(C)c(C=O)n1C. The smallest absolute Gasteiger partial charge is 0.354 e. The lowest BCUT2D eigenvalue weighted by atomic mass is 10.1. The largest absolute Gasteiger partial charge is 0.464 e. The highest BCUT2D eigenvalue weighted by atomic mass is 16.5. The van der Waals surface area contributed by atoms with Crippen molar-refractivity contribution in [3.8, 4) is 0 Å². The monoisotopic (exact) mass is 195 g/mol. The van der Waals surface area contributed by atoms with Crippen LogP contribution in [0.2, 0.25) is 0 Å². The van der Waals surface area contributed by atoms with E-state index in [1.54, 1.807) is 18.5 Å². The third kappa shape index (κ3) is 1.32. The Bertz CT molecular complexity index is 391. The highest BCUT2D eigenvalue weighted by Gasteiger charge is 2.20. The average Bonchev–Trinajstić information content (AvgIpc) is 2.38. The summed E-state index contributed by atoms with van der Waals surface area (Å²) >= 11 is 0. The van der Waals surface area contributed by atoms with Gasteiger partial charge in [-0.25, -0.2) is 4.79 Å². The Morgan fingerprint density at radius 2 is 1.93 bits per heavy atom. The molecule has 0 aliphatic rings. The van der Waals surface area contributed by atoms with Crippen LogP contribution in [0.15, 0.2) is 0 Å². The summed E-state index contributed by atoms with van der Waals surface area (Å²) in [5, 5.41) is 0. The summed E-state index contributed by atoms with van der Waals surface area (Å²) in [6.45, 7) is 3.61. The summed E-state index contributed by atoms with van der Waals surface area (Å²) in [7, 11) is 3.00. The fraction of sp³-hybridized carbons (Fsp3) is 0.400. The van der Waals surface area contributed by atoms with Gasteiger partial charge in [-0.15, -0.1) is 0 Å². The van der Waals surface area contributed by atoms with Gasteiger partial charge in [-0.05, 0) is 25.0 Å². The highest BCUT2D eigenvalue weighted by molar-refractivity contribution is 5.92. The van der Waals surface area contributed by atoms with E-state index in [0.29, 0.717) is 11.4 Å². The van der Waals surface area contributed by atoms with Crippen LogP contribution in [0.5, 0.6) is 0 Å². The molecule has 4 heteroatoms. The quantitative estimate of drug-likeness (QED) is 0.527. The molecule has 76 valence electrons. The van der Waals surface area contributed by atoms with Crippen molar-refractivity contribution in [3.63, 3.8) is 0 Å². The van der Waals surface area contributed by atoms with Crippen LogP contribution in [0, 0.1) is 13.8 Å². The number of hydrogen-bond donors (Lipinski definition) is 0. The van der Waals surface area contributed by atoms with Crippen molar-refractivity contribution in [2.24, 2.45) is 7.05 Å². The van der Waals surface area contributed by atoms with E-state index in [-0.39, 0.29) is 0 Å². The molecule has 0 amide bonds. The lowest BCUT2D eigenvalue weighted by Gasteiger charge is -2.02. The topological polar surface area (TPSA) is 48.3 Å². The second-order valence-electron chi connectivity index (χ2n) is 3.15. The van der Waals surface area contributed by atoms with Gasteiger partial charge in [0, 0.05) is 7.05 Å². The molecule has 4 nitrogen and oxygen atoms in total. The molecule has 0 saturated carbocycles. The predicted molar refractivity (Wildman–Crippen MR) is 51.6 cm³/mol. The molecule has 1 rings (SSSR count). The molecule has 0 aromatic carbocycles. The van der Waals surface area contributed by atoms with Crippen LogP contribution >= 0.6 is 0 Å². The number of aldehydes is 1. The zero-order valence-corrected chi connectivity index (χ0v) is 8.75. The summed E-state index contributed by atoms with van der Waals surface area (Å²) in [6, 6.07) is 0. The maximum Gasteiger partial charge on any atom is 0.354 e. The van der Waals surface area contributed by atoms with E-state index in [2.05, 4.69) is 4.74 Å². The van der Waals surface area contributed by atoms with Crippen molar-refractivity contribution >= 4 is 12.3 Å². The van der Waals surface area contributed by atoms with Crippen molar-refractivity contribution in [2.75, 3.05) is 7.11 Å². The van der Waals surface area contributed by atoms with Crippen molar-refractivity contribution in [3.05, 3.63) is 22.5 Å². The first kappa shape index (κ1) is 10.5. The minimum atomic E-state index is -0.416. The summed E-state index contributed by atoms with van der Waals surface area (Å²) in [5.41, 5.74) is 2.57. The van der Waals surface area contributed by atoms with E-state index < -0.39 is 5.97 Å². The molecule has 1 aromatic rings. The Hall–Kier alpha value is -1.58. The third-order valence-corrected chi connectivity index (χ3v) is 2.49. The molecule has 0 fully saturated rings. The molecule has 0 unspecified atom stereocenters. The van der Waals surface area contributed by atoms with Gasteiger partial charge >= 0.3 is 5.97 Å². The molecular formula is C10H13NO3. The summed E-state index contributed by atoms with van der Waals surface area (Å²) in [5.74, 6) is -0.416. The van der Waals surface area contributed by atoms with E-state index in [4.69, 9.17) is 0 Å². The Labute approximate surface area is 82.5 Å². The van der Waals surface area contributed by atoms with Crippen molar-refractivity contribution < 1.29 is 14.3 Å². The number of ether oxygens (including phenoxy) is 1. The number of aromatic nitrogens is 1. The van der Waals surface area contributed by atoms with Gasteiger partial charge in [0.2, 0.25) is 0 Å². The van der Waals surface area contributed by atoms with Gasteiger partial charge in [-0.2, -0.15) is 0 Å². The van der Waals surface area contributed by atoms with Crippen LogP contribution in [0.3, 0.4) is 0 Å². The number of nitrogens with zero attached hydrogens (tertiary/aromatic N) is 1. The lowest BCUT2D eigenvalue weighted by Crippen LogP contribution is -2.10. The lowest BCUT2D eigenvalue weighted by molar-refractivity contribution is 0.0589. The second kappa shape index (κ2) is 3.65. The minimum Gasteiger partial charge on any atom is -0.464 e. The number of esters is 1. The van der Waals surface area contributed by atoms with Crippen molar-refractivity contribution in [1.82, 2.24) is 4.57 Å². The fourth-order valence-corrected chi connectivity index (χ4v) is 1.55. The predicted octanol–water partition coefficient (Wildman–Crippen LogP) is 1.24. The zero-order valence-electron chi connectivity index (χ0n) is 8.75.